The lowest BCUT2D eigenvalue weighted by Crippen LogP contribution is -2.59. The number of hydrogen-bond acceptors (Lipinski definition) is 3. The van der Waals surface area contributed by atoms with Gasteiger partial charge in [0, 0.05) is 18.3 Å². The van der Waals surface area contributed by atoms with Crippen molar-refractivity contribution in [3.63, 3.8) is 0 Å². The molecule has 1 saturated heterocycles. The third kappa shape index (κ3) is 2.61. The fourth-order valence-electron chi connectivity index (χ4n) is 2.49. The molecular formula is C15H19N3O. The maximum atomic E-state index is 12.5. The molecule has 4 heteroatoms. The van der Waals surface area contributed by atoms with Gasteiger partial charge in [-0.25, -0.2) is 0 Å². The Morgan fingerprint density at radius 2 is 2.21 bits per heavy atom. The molecule has 1 heterocycles. The first-order chi connectivity index (χ1) is 9.04. The van der Waals surface area contributed by atoms with Crippen LogP contribution in [0.3, 0.4) is 0 Å². The molecule has 1 amide bonds. The van der Waals surface area contributed by atoms with Gasteiger partial charge >= 0.3 is 0 Å². The Morgan fingerprint density at radius 1 is 1.47 bits per heavy atom. The number of hydrogen-bond donors (Lipinski definition) is 0. The molecule has 0 saturated carbocycles. The molecule has 0 N–H and O–H groups in total. The minimum atomic E-state index is -0.339. The largest absolute Gasteiger partial charge is 0.309 e. The molecule has 1 aliphatic heterocycles. The predicted octanol–water partition coefficient (Wildman–Crippen LogP) is 1.94. The number of anilines is 1. The lowest BCUT2D eigenvalue weighted by atomic mass is 10.0. The maximum absolute atomic E-state index is 12.5. The van der Waals surface area contributed by atoms with E-state index in [1.54, 1.807) is 4.90 Å². The van der Waals surface area contributed by atoms with Crippen molar-refractivity contribution >= 4 is 11.6 Å². The van der Waals surface area contributed by atoms with Crippen LogP contribution in [0.15, 0.2) is 24.3 Å². The lowest BCUT2D eigenvalue weighted by molar-refractivity contribution is -0.126. The summed E-state index contributed by atoms with van der Waals surface area (Å²) in [6, 6.07) is 9.96. The van der Waals surface area contributed by atoms with Crippen LogP contribution in [0.1, 0.15) is 18.9 Å². The average molecular weight is 257 g/mol. The number of amides is 1. The molecule has 1 fully saturated rings. The van der Waals surface area contributed by atoms with Gasteiger partial charge in [-0.15, -0.1) is 0 Å². The van der Waals surface area contributed by atoms with Crippen LogP contribution in [-0.4, -0.2) is 36.5 Å². The molecule has 4 nitrogen and oxygen atoms in total. The lowest BCUT2D eigenvalue weighted by Gasteiger charge is -2.42. The SMILES string of the molecule is Cc1cccc(N2CC(C)N(C)C(CC#N)C2=O)c1. The predicted molar refractivity (Wildman–Crippen MR) is 74.8 cm³/mol. The number of carbonyl (C=O) groups excluding carboxylic acids is 1. The maximum Gasteiger partial charge on any atom is 0.245 e. The van der Waals surface area contributed by atoms with Crippen LogP contribution >= 0.6 is 0 Å². The molecule has 0 aliphatic carbocycles. The number of rotatable bonds is 2. The van der Waals surface area contributed by atoms with Gasteiger partial charge in [-0.3, -0.25) is 9.69 Å². The molecule has 2 atom stereocenters. The number of aryl methyl sites for hydroxylation is 1. The van der Waals surface area contributed by atoms with Crippen LogP contribution in [0.25, 0.3) is 0 Å². The second-order valence-corrected chi connectivity index (χ2v) is 5.18. The number of carbonyl (C=O) groups is 1. The zero-order valence-corrected chi connectivity index (χ0v) is 11.6. The van der Waals surface area contributed by atoms with E-state index < -0.39 is 0 Å². The first-order valence-corrected chi connectivity index (χ1v) is 6.51. The van der Waals surface area contributed by atoms with Crippen molar-refractivity contribution in [2.24, 2.45) is 0 Å². The Hall–Kier alpha value is -1.86. The van der Waals surface area contributed by atoms with Crippen molar-refractivity contribution in [3.05, 3.63) is 29.8 Å². The normalized spacial score (nSPS) is 24.3. The van der Waals surface area contributed by atoms with Crippen molar-refractivity contribution in [2.75, 3.05) is 18.5 Å². The van der Waals surface area contributed by atoms with Crippen molar-refractivity contribution in [2.45, 2.75) is 32.4 Å². The number of benzene rings is 1. The van der Waals surface area contributed by atoms with Gasteiger partial charge in [0.25, 0.3) is 0 Å². The summed E-state index contributed by atoms with van der Waals surface area (Å²) in [7, 11) is 1.91. The zero-order chi connectivity index (χ0) is 14.0. The van der Waals surface area contributed by atoms with E-state index in [1.807, 2.05) is 43.1 Å². The molecule has 2 unspecified atom stereocenters. The second-order valence-electron chi connectivity index (χ2n) is 5.18. The van der Waals surface area contributed by atoms with Crippen molar-refractivity contribution in [3.8, 4) is 6.07 Å². The summed E-state index contributed by atoms with van der Waals surface area (Å²) in [5.74, 6) is 0.0211. The second kappa shape index (κ2) is 5.41. The molecule has 2 rings (SSSR count). The minimum absolute atomic E-state index is 0.0211. The summed E-state index contributed by atoms with van der Waals surface area (Å²) in [5.41, 5.74) is 2.06. The van der Waals surface area contributed by atoms with E-state index in [9.17, 15) is 4.79 Å². The fourth-order valence-corrected chi connectivity index (χ4v) is 2.49. The van der Waals surface area contributed by atoms with E-state index in [-0.39, 0.29) is 24.4 Å². The minimum Gasteiger partial charge on any atom is -0.309 e. The van der Waals surface area contributed by atoms with Crippen LogP contribution in [0, 0.1) is 18.3 Å². The summed E-state index contributed by atoms with van der Waals surface area (Å²) < 4.78 is 0. The third-order valence-corrected chi connectivity index (χ3v) is 3.78. The summed E-state index contributed by atoms with van der Waals surface area (Å²) in [6.45, 7) is 4.76. The summed E-state index contributed by atoms with van der Waals surface area (Å²) >= 11 is 0. The molecule has 0 bridgehead atoms. The van der Waals surface area contributed by atoms with Gasteiger partial charge in [0.1, 0.15) is 6.04 Å². The highest BCUT2D eigenvalue weighted by atomic mass is 16.2. The Kier molecular flexibility index (Phi) is 3.87. The van der Waals surface area contributed by atoms with Gasteiger partial charge in [-0.1, -0.05) is 12.1 Å². The van der Waals surface area contributed by atoms with E-state index in [2.05, 4.69) is 13.0 Å². The van der Waals surface area contributed by atoms with Crippen LogP contribution in [0.4, 0.5) is 5.69 Å². The Morgan fingerprint density at radius 3 is 2.84 bits per heavy atom. The number of nitriles is 1. The number of likely N-dealkylation sites (N-methyl/N-ethyl adjacent to an activating group) is 1. The first kappa shape index (κ1) is 13.6. The van der Waals surface area contributed by atoms with E-state index in [1.165, 1.54) is 0 Å². The third-order valence-electron chi connectivity index (χ3n) is 3.78. The topological polar surface area (TPSA) is 47.3 Å². The Labute approximate surface area is 114 Å². The molecule has 1 aromatic carbocycles. The molecule has 0 radical (unpaired) electrons. The molecule has 0 spiro atoms. The van der Waals surface area contributed by atoms with E-state index in [4.69, 9.17) is 5.26 Å². The van der Waals surface area contributed by atoms with Crippen LogP contribution in [0.5, 0.6) is 0 Å². The standard InChI is InChI=1S/C15H19N3O/c1-11-5-4-6-13(9-11)18-10-12(2)17(3)14(7-8-16)15(18)19/h4-6,9,12,14H,7,10H2,1-3H3. The molecule has 19 heavy (non-hydrogen) atoms. The highest BCUT2D eigenvalue weighted by Crippen LogP contribution is 2.24. The van der Waals surface area contributed by atoms with Gasteiger partial charge in [0.2, 0.25) is 5.91 Å². The smallest absolute Gasteiger partial charge is 0.245 e. The molecular weight excluding hydrogens is 238 g/mol. The fraction of sp³-hybridized carbons (Fsp3) is 0.467. The van der Waals surface area contributed by atoms with Gasteiger partial charge in [0.15, 0.2) is 0 Å². The molecule has 1 aliphatic rings. The monoisotopic (exact) mass is 257 g/mol. The number of piperazine rings is 1. The van der Waals surface area contributed by atoms with Crippen LogP contribution < -0.4 is 4.90 Å². The molecule has 1 aromatic rings. The highest BCUT2D eigenvalue weighted by Gasteiger charge is 2.37. The van der Waals surface area contributed by atoms with Gasteiger partial charge in [0.05, 0.1) is 12.5 Å². The van der Waals surface area contributed by atoms with E-state index >= 15 is 0 Å². The van der Waals surface area contributed by atoms with Crippen molar-refractivity contribution in [1.29, 1.82) is 5.26 Å². The Balaban J connectivity index is 2.31. The van der Waals surface area contributed by atoms with E-state index in [0.29, 0.717) is 6.54 Å². The van der Waals surface area contributed by atoms with Crippen LogP contribution in [-0.2, 0) is 4.79 Å². The highest BCUT2D eigenvalue weighted by molar-refractivity contribution is 5.98. The van der Waals surface area contributed by atoms with Gasteiger partial charge in [-0.2, -0.15) is 5.26 Å². The molecule has 100 valence electrons. The zero-order valence-electron chi connectivity index (χ0n) is 11.6. The summed E-state index contributed by atoms with van der Waals surface area (Å²) in [5, 5.41) is 8.89. The van der Waals surface area contributed by atoms with Crippen molar-refractivity contribution in [1.82, 2.24) is 4.90 Å². The number of nitrogens with zero attached hydrogens (tertiary/aromatic N) is 3. The van der Waals surface area contributed by atoms with Crippen LogP contribution in [0.2, 0.25) is 0 Å². The summed E-state index contributed by atoms with van der Waals surface area (Å²) in [4.78, 5) is 16.3. The van der Waals surface area contributed by atoms with E-state index in [0.717, 1.165) is 11.3 Å². The molecule has 0 aromatic heterocycles. The van der Waals surface area contributed by atoms with Gasteiger partial charge in [-0.05, 0) is 38.6 Å². The quantitative estimate of drug-likeness (QED) is 0.813. The van der Waals surface area contributed by atoms with Crippen molar-refractivity contribution < 1.29 is 4.79 Å². The van der Waals surface area contributed by atoms with Gasteiger partial charge < -0.3 is 4.90 Å². The Bertz CT molecular complexity index is 520. The summed E-state index contributed by atoms with van der Waals surface area (Å²) in [6.07, 6.45) is 0.238. The first-order valence-electron chi connectivity index (χ1n) is 6.51. The average Bonchev–Trinajstić information content (AvgIpc) is 2.39.